The molecule has 0 amide bonds. The van der Waals surface area contributed by atoms with Crippen molar-refractivity contribution in [1.82, 2.24) is 0 Å². The lowest BCUT2D eigenvalue weighted by Crippen LogP contribution is -2.31. The first-order chi connectivity index (χ1) is 13.9. The van der Waals surface area contributed by atoms with Gasteiger partial charge < -0.3 is 10.6 Å². The predicted octanol–water partition coefficient (Wildman–Crippen LogP) is 6.54. The third kappa shape index (κ3) is 3.71. The predicted molar refractivity (Wildman–Crippen MR) is 112 cm³/mol. The summed E-state index contributed by atoms with van der Waals surface area (Å²) in [7, 11) is 0. The van der Waals surface area contributed by atoms with Crippen LogP contribution in [0.15, 0.2) is 47.7 Å². The summed E-state index contributed by atoms with van der Waals surface area (Å²) in [6, 6.07) is 8.59. The molecule has 2 N–H and O–H groups in total. The van der Waals surface area contributed by atoms with E-state index in [-0.39, 0.29) is 11.2 Å². The Morgan fingerprint density at radius 3 is 2.33 bits per heavy atom. The van der Waals surface area contributed by atoms with Crippen LogP contribution in [0.1, 0.15) is 55.0 Å². The number of alkyl halides is 3. The lowest BCUT2D eigenvalue weighted by Gasteiger charge is -2.34. The first-order valence-corrected chi connectivity index (χ1v) is 10.0. The SMILES string of the molecule is Cc1cc2c(cc1C)NC(c1cccc(C(F)(F)F)c1)C1=C(CC(C)(C)CC1=O)N2. The second kappa shape index (κ2) is 6.89. The Balaban J connectivity index is 1.91. The number of rotatable bonds is 1. The van der Waals surface area contributed by atoms with Crippen LogP contribution in [0, 0.1) is 19.3 Å². The topological polar surface area (TPSA) is 41.1 Å². The zero-order valence-corrected chi connectivity index (χ0v) is 17.5. The highest BCUT2D eigenvalue weighted by atomic mass is 19.4. The summed E-state index contributed by atoms with van der Waals surface area (Å²) in [5.74, 6) is -0.0371. The van der Waals surface area contributed by atoms with Crippen LogP contribution in [0.4, 0.5) is 24.5 Å². The number of aryl methyl sites for hydroxylation is 2. The zero-order valence-electron chi connectivity index (χ0n) is 17.5. The van der Waals surface area contributed by atoms with E-state index in [2.05, 4.69) is 10.6 Å². The van der Waals surface area contributed by atoms with E-state index < -0.39 is 17.8 Å². The van der Waals surface area contributed by atoms with Gasteiger partial charge in [0, 0.05) is 17.7 Å². The maximum absolute atomic E-state index is 13.4. The summed E-state index contributed by atoms with van der Waals surface area (Å²) >= 11 is 0. The summed E-state index contributed by atoms with van der Waals surface area (Å²) in [6.07, 6.45) is -3.43. The van der Waals surface area contributed by atoms with Gasteiger partial charge in [-0.2, -0.15) is 13.2 Å². The summed E-state index contributed by atoms with van der Waals surface area (Å²) in [6.45, 7) is 8.07. The molecular weight excluding hydrogens is 389 g/mol. The van der Waals surface area contributed by atoms with Gasteiger partial charge in [-0.1, -0.05) is 26.0 Å². The van der Waals surface area contributed by atoms with Gasteiger partial charge in [0.25, 0.3) is 0 Å². The van der Waals surface area contributed by atoms with E-state index >= 15 is 0 Å². The van der Waals surface area contributed by atoms with Gasteiger partial charge in [-0.15, -0.1) is 0 Å². The largest absolute Gasteiger partial charge is 0.416 e. The maximum Gasteiger partial charge on any atom is 0.416 e. The van der Waals surface area contributed by atoms with Crippen molar-refractivity contribution in [2.75, 3.05) is 10.6 Å². The van der Waals surface area contributed by atoms with Crippen LogP contribution in [0.2, 0.25) is 0 Å². The van der Waals surface area contributed by atoms with Gasteiger partial charge in [0.1, 0.15) is 0 Å². The van der Waals surface area contributed by atoms with Crippen LogP contribution in [-0.4, -0.2) is 5.78 Å². The van der Waals surface area contributed by atoms with E-state index in [4.69, 9.17) is 0 Å². The summed E-state index contributed by atoms with van der Waals surface area (Å²) in [5, 5.41) is 6.81. The number of carbonyl (C=O) groups is 1. The van der Waals surface area contributed by atoms with Crippen molar-refractivity contribution in [3.05, 3.63) is 69.9 Å². The number of carbonyl (C=O) groups excluding carboxylic acids is 1. The minimum Gasteiger partial charge on any atom is -0.372 e. The monoisotopic (exact) mass is 414 g/mol. The zero-order chi connectivity index (χ0) is 21.8. The minimum absolute atomic E-state index is 0.0371. The van der Waals surface area contributed by atoms with Gasteiger partial charge in [-0.05, 0) is 66.6 Å². The van der Waals surface area contributed by atoms with Gasteiger partial charge in [-0.25, -0.2) is 0 Å². The Morgan fingerprint density at radius 1 is 1.00 bits per heavy atom. The van der Waals surface area contributed by atoms with Crippen LogP contribution in [0.5, 0.6) is 0 Å². The second-order valence-corrected chi connectivity index (χ2v) is 9.14. The second-order valence-electron chi connectivity index (χ2n) is 9.14. The molecule has 1 heterocycles. The van der Waals surface area contributed by atoms with Crippen molar-refractivity contribution in [3.8, 4) is 0 Å². The van der Waals surface area contributed by atoms with E-state index in [0.29, 0.717) is 24.0 Å². The van der Waals surface area contributed by atoms with Crippen LogP contribution in [0.25, 0.3) is 0 Å². The van der Waals surface area contributed by atoms with Crippen LogP contribution < -0.4 is 10.6 Å². The van der Waals surface area contributed by atoms with E-state index in [1.54, 1.807) is 6.07 Å². The highest BCUT2D eigenvalue weighted by molar-refractivity contribution is 6.01. The maximum atomic E-state index is 13.4. The molecule has 0 spiro atoms. The lowest BCUT2D eigenvalue weighted by molar-refractivity contribution is -0.137. The van der Waals surface area contributed by atoms with Crippen molar-refractivity contribution >= 4 is 17.2 Å². The molecule has 0 saturated heterocycles. The van der Waals surface area contributed by atoms with Crippen LogP contribution in [0.3, 0.4) is 0 Å². The molecule has 4 rings (SSSR count). The van der Waals surface area contributed by atoms with Crippen molar-refractivity contribution in [3.63, 3.8) is 0 Å². The van der Waals surface area contributed by atoms with Crippen LogP contribution >= 0.6 is 0 Å². The average molecular weight is 414 g/mol. The smallest absolute Gasteiger partial charge is 0.372 e. The Bertz CT molecular complexity index is 1070. The fraction of sp³-hybridized carbons (Fsp3) is 0.375. The van der Waals surface area contributed by atoms with Crippen LogP contribution in [-0.2, 0) is 11.0 Å². The third-order valence-corrected chi connectivity index (χ3v) is 5.98. The summed E-state index contributed by atoms with van der Waals surface area (Å²) in [4.78, 5) is 13.2. The van der Waals surface area contributed by atoms with Gasteiger partial charge in [0.2, 0.25) is 0 Å². The molecule has 0 fully saturated rings. The molecule has 0 radical (unpaired) electrons. The molecule has 0 saturated carbocycles. The Labute approximate surface area is 174 Å². The number of nitrogens with one attached hydrogen (secondary N) is 2. The quantitative estimate of drug-likeness (QED) is 0.556. The molecule has 0 bridgehead atoms. The number of benzene rings is 2. The summed E-state index contributed by atoms with van der Waals surface area (Å²) in [5.41, 5.74) is 4.59. The molecule has 0 aromatic heterocycles. The Morgan fingerprint density at radius 2 is 1.67 bits per heavy atom. The number of Topliss-reactive ketones (excluding diaryl/α,β-unsaturated/α-hetero) is 1. The average Bonchev–Trinajstić information content (AvgIpc) is 2.77. The number of anilines is 2. The molecule has 3 nitrogen and oxygen atoms in total. The number of allylic oxidation sites excluding steroid dienone is 1. The molecule has 1 aliphatic heterocycles. The van der Waals surface area contributed by atoms with Gasteiger partial charge in [0.05, 0.1) is 23.0 Å². The fourth-order valence-corrected chi connectivity index (χ4v) is 4.35. The standard InChI is InChI=1S/C24H25F3N2O/c1-13-8-17-18(9-14(13)2)29-22(15-6-5-7-16(10-15)24(25,26)27)21-19(28-17)11-23(3,4)12-20(21)30/h5-10,22,28-29H,11-12H2,1-4H3. The Kier molecular flexibility index (Phi) is 4.71. The molecular formula is C24H25F3N2O. The number of ketones is 1. The molecule has 30 heavy (non-hydrogen) atoms. The molecule has 2 aromatic carbocycles. The molecule has 1 aliphatic carbocycles. The third-order valence-electron chi connectivity index (χ3n) is 5.98. The first-order valence-electron chi connectivity index (χ1n) is 10.0. The lowest BCUT2D eigenvalue weighted by atomic mass is 9.73. The normalized spacial score (nSPS) is 20.6. The van der Waals surface area contributed by atoms with Crippen molar-refractivity contribution in [1.29, 1.82) is 0 Å². The molecule has 1 unspecified atom stereocenters. The fourth-order valence-electron chi connectivity index (χ4n) is 4.35. The Hall–Kier alpha value is -2.76. The molecule has 1 atom stereocenters. The van der Waals surface area contributed by atoms with E-state index in [1.165, 1.54) is 6.07 Å². The van der Waals surface area contributed by atoms with Crippen molar-refractivity contribution in [2.45, 2.75) is 52.8 Å². The van der Waals surface area contributed by atoms with Crippen molar-refractivity contribution in [2.24, 2.45) is 5.41 Å². The van der Waals surface area contributed by atoms with E-state index in [1.807, 2.05) is 39.8 Å². The molecule has 158 valence electrons. The number of halogens is 3. The van der Waals surface area contributed by atoms with Crippen molar-refractivity contribution < 1.29 is 18.0 Å². The summed E-state index contributed by atoms with van der Waals surface area (Å²) < 4.78 is 40.1. The van der Waals surface area contributed by atoms with Gasteiger partial charge in [0.15, 0.2) is 5.78 Å². The molecule has 2 aromatic rings. The number of fused-ring (bicyclic) bond motifs is 1. The molecule has 2 aliphatic rings. The number of hydrogen-bond donors (Lipinski definition) is 2. The highest BCUT2D eigenvalue weighted by Gasteiger charge is 2.39. The highest BCUT2D eigenvalue weighted by Crippen LogP contribution is 2.46. The van der Waals surface area contributed by atoms with E-state index in [0.717, 1.165) is 40.3 Å². The van der Waals surface area contributed by atoms with E-state index in [9.17, 15) is 18.0 Å². The number of hydrogen-bond acceptors (Lipinski definition) is 3. The van der Waals surface area contributed by atoms with Gasteiger partial charge in [-0.3, -0.25) is 4.79 Å². The minimum atomic E-state index is -4.44. The van der Waals surface area contributed by atoms with Gasteiger partial charge >= 0.3 is 6.18 Å². The molecule has 6 heteroatoms. The first kappa shape index (κ1) is 20.5.